The van der Waals surface area contributed by atoms with Gasteiger partial charge in [0.2, 0.25) is 6.29 Å². The van der Waals surface area contributed by atoms with Crippen LogP contribution in [0.15, 0.2) is 39.5 Å². The van der Waals surface area contributed by atoms with Crippen LogP contribution in [-0.4, -0.2) is 48.5 Å². The van der Waals surface area contributed by atoms with Crippen molar-refractivity contribution >= 4 is 17.1 Å². The summed E-state index contributed by atoms with van der Waals surface area (Å²) >= 11 is 0. The van der Waals surface area contributed by atoms with Crippen molar-refractivity contribution in [3.63, 3.8) is 0 Å². The standard InChI is InChI=1S/C18H21NO8/c1-18(2)15(23-3)13(21)14(26-17(19)22)16(27-18)24-10-5-6-11-9(8-10)4-7-12(20)25-11/h4-8,13-16,21H,1-3H3,(H2,19,22). The van der Waals surface area contributed by atoms with Crippen LogP contribution in [0.3, 0.4) is 0 Å². The van der Waals surface area contributed by atoms with Gasteiger partial charge in [0, 0.05) is 18.6 Å². The second-order valence-corrected chi connectivity index (χ2v) is 6.71. The number of methoxy groups -OCH3 is 1. The molecule has 1 aliphatic heterocycles. The van der Waals surface area contributed by atoms with Crippen molar-refractivity contribution in [2.75, 3.05) is 7.11 Å². The molecule has 9 nitrogen and oxygen atoms in total. The van der Waals surface area contributed by atoms with Crippen LogP contribution in [0.1, 0.15) is 13.8 Å². The van der Waals surface area contributed by atoms with Gasteiger partial charge in [0.15, 0.2) is 6.10 Å². The maximum atomic E-state index is 11.3. The first-order chi connectivity index (χ1) is 12.7. The van der Waals surface area contributed by atoms with Crippen molar-refractivity contribution in [2.45, 2.75) is 44.1 Å². The minimum Gasteiger partial charge on any atom is -0.461 e. The van der Waals surface area contributed by atoms with Gasteiger partial charge in [-0.15, -0.1) is 0 Å². The Labute approximate surface area is 154 Å². The smallest absolute Gasteiger partial charge is 0.405 e. The van der Waals surface area contributed by atoms with Crippen molar-refractivity contribution in [3.05, 3.63) is 40.8 Å². The van der Waals surface area contributed by atoms with Gasteiger partial charge in [0.05, 0.1) is 5.60 Å². The Balaban J connectivity index is 1.91. The molecule has 1 aliphatic rings. The number of amides is 1. The third kappa shape index (κ3) is 3.90. The topological polar surface area (TPSA) is 130 Å². The number of aliphatic hydroxyl groups is 1. The third-order valence-electron chi connectivity index (χ3n) is 4.37. The Kier molecular flexibility index (Phi) is 5.09. The Morgan fingerprint density at radius 1 is 1.26 bits per heavy atom. The lowest BCUT2D eigenvalue weighted by atomic mass is 9.89. The molecule has 9 heteroatoms. The van der Waals surface area contributed by atoms with E-state index in [-0.39, 0.29) is 0 Å². The van der Waals surface area contributed by atoms with E-state index in [9.17, 15) is 14.7 Å². The molecule has 3 N–H and O–H groups in total. The summed E-state index contributed by atoms with van der Waals surface area (Å²) in [7, 11) is 1.42. The van der Waals surface area contributed by atoms with Crippen LogP contribution in [0, 0.1) is 0 Å². The number of primary amides is 1. The molecule has 0 saturated carbocycles. The number of nitrogens with two attached hydrogens (primary N) is 1. The molecule has 146 valence electrons. The molecular weight excluding hydrogens is 358 g/mol. The zero-order chi connectivity index (χ0) is 19.8. The summed E-state index contributed by atoms with van der Waals surface area (Å²) < 4.78 is 27.1. The van der Waals surface area contributed by atoms with Crippen molar-refractivity contribution < 1.29 is 33.3 Å². The molecule has 1 aromatic carbocycles. The summed E-state index contributed by atoms with van der Waals surface area (Å²) in [5, 5.41) is 11.2. The quantitative estimate of drug-likeness (QED) is 0.757. The lowest BCUT2D eigenvalue weighted by molar-refractivity contribution is -0.304. The molecule has 0 radical (unpaired) electrons. The highest BCUT2D eigenvalue weighted by Crippen LogP contribution is 2.34. The zero-order valence-electron chi connectivity index (χ0n) is 15.1. The van der Waals surface area contributed by atoms with Gasteiger partial charge in [-0.2, -0.15) is 0 Å². The molecule has 2 heterocycles. The Hall–Kier alpha value is -2.62. The summed E-state index contributed by atoms with van der Waals surface area (Å²) in [5.74, 6) is 0.360. The van der Waals surface area contributed by atoms with Crippen LogP contribution >= 0.6 is 0 Å². The van der Waals surface area contributed by atoms with Gasteiger partial charge in [-0.1, -0.05) is 0 Å². The highest BCUT2D eigenvalue weighted by Gasteiger charge is 2.52. The van der Waals surface area contributed by atoms with Crippen molar-refractivity contribution in [1.82, 2.24) is 0 Å². The Bertz CT molecular complexity index is 892. The monoisotopic (exact) mass is 379 g/mol. The van der Waals surface area contributed by atoms with Crippen LogP contribution in [-0.2, 0) is 14.2 Å². The van der Waals surface area contributed by atoms with Crippen molar-refractivity contribution in [1.29, 1.82) is 0 Å². The highest BCUT2D eigenvalue weighted by molar-refractivity contribution is 5.77. The third-order valence-corrected chi connectivity index (χ3v) is 4.37. The van der Waals surface area contributed by atoms with Crippen LogP contribution in [0.2, 0.25) is 0 Å². The number of ether oxygens (including phenoxy) is 4. The molecule has 27 heavy (non-hydrogen) atoms. The summed E-state index contributed by atoms with van der Waals surface area (Å²) in [6, 6.07) is 7.64. The average molecular weight is 379 g/mol. The normalized spacial score (nSPS) is 27.3. The molecule has 2 aromatic rings. The van der Waals surface area contributed by atoms with E-state index in [1.807, 2.05) is 0 Å². The number of aliphatic hydroxyl groups excluding tert-OH is 1. The Morgan fingerprint density at radius 3 is 2.67 bits per heavy atom. The fraction of sp³-hybridized carbons (Fsp3) is 0.444. The lowest BCUT2D eigenvalue weighted by Crippen LogP contribution is -2.65. The molecular formula is C18H21NO8. The minimum atomic E-state index is -1.23. The number of fused-ring (bicyclic) bond motifs is 1. The second kappa shape index (κ2) is 7.18. The predicted molar refractivity (Wildman–Crippen MR) is 93.3 cm³/mol. The molecule has 3 rings (SSSR count). The number of rotatable bonds is 4. The van der Waals surface area contributed by atoms with E-state index in [1.54, 1.807) is 38.1 Å². The van der Waals surface area contributed by atoms with Gasteiger partial charge in [0.25, 0.3) is 0 Å². The van der Waals surface area contributed by atoms with Crippen LogP contribution in [0.4, 0.5) is 4.79 Å². The lowest BCUT2D eigenvalue weighted by Gasteiger charge is -2.47. The van der Waals surface area contributed by atoms with E-state index in [0.29, 0.717) is 16.7 Å². The van der Waals surface area contributed by atoms with Gasteiger partial charge in [-0.25, -0.2) is 9.59 Å². The molecule has 1 saturated heterocycles. The van der Waals surface area contributed by atoms with E-state index in [4.69, 9.17) is 29.1 Å². The van der Waals surface area contributed by atoms with Crippen molar-refractivity contribution in [3.8, 4) is 5.75 Å². The maximum Gasteiger partial charge on any atom is 0.405 e. The maximum absolute atomic E-state index is 11.3. The van der Waals surface area contributed by atoms with E-state index in [0.717, 1.165) is 0 Å². The number of carbonyl (C=O) groups is 1. The fourth-order valence-electron chi connectivity index (χ4n) is 3.21. The predicted octanol–water partition coefficient (Wildman–Crippen LogP) is 1.15. The van der Waals surface area contributed by atoms with Gasteiger partial charge >= 0.3 is 11.7 Å². The van der Waals surface area contributed by atoms with Crippen LogP contribution < -0.4 is 16.1 Å². The summed E-state index contributed by atoms with van der Waals surface area (Å²) in [5.41, 5.74) is 4.12. The Morgan fingerprint density at radius 2 is 2.00 bits per heavy atom. The molecule has 4 atom stereocenters. The number of hydrogen-bond acceptors (Lipinski definition) is 8. The van der Waals surface area contributed by atoms with E-state index in [1.165, 1.54) is 13.2 Å². The van der Waals surface area contributed by atoms with Crippen molar-refractivity contribution in [2.24, 2.45) is 5.73 Å². The summed E-state index contributed by atoms with van der Waals surface area (Å²) in [4.78, 5) is 22.5. The van der Waals surface area contributed by atoms with E-state index >= 15 is 0 Å². The molecule has 0 aliphatic carbocycles. The first kappa shape index (κ1) is 19.2. The van der Waals surface area contributed by atoms with E-state index in [2.05, 4.69) is 0 Å². The molecule has 1 aromatic heterocycles. The highest BCUT2D eigenvalue weighted by atomic mass is 16.7. The summed E-state index contributed by atoms with van der Waals surface area (Å²) in [6.07, 6.45) is -5.42. The van der Waals surface area contributed by atoms with Crippen LogP contribution in [0.25, 0.3) is 11.0 Å². The molecule has 1 amide bonds. The molecule has 0 bridgehead atoms. The minimum absolute atomic E-state index is 0.360. The fourth-order valence-corrected chi connectivity index (χ4v) is 3.21. The number of carbonyl (C=O) groups excluding carboxylic acids is 1. The van der Waals surface area contributed by atoms with Crippen LogP contribution in [0.5, 0.6) is 5.75 Å². The van der Waals surface area contributed by atoms with E-state index < -0.39 is 41.9 Å². The number of hydrogen-bond donors (Lipinski definition) is 2. The van der Waals surface area contributed by atoms with Gasteiger partial charge in [0.1, 0.15) is 23.5 Å². The molecule has 0 spiro atoms. The second-order valence-electron chi connectivity index (χ2n) is 6.71. The van der Waals surface area contributed by atoms with Gasteiger partial charge in [-0.3, -0.25) is 0 Å². The first-order valence-electron chi connectivity index (χ1n) is 8.26. The van der Waals surface area contributed by atoms with Gasteiger partial charge < -0.3 is 34.2 Å². The average Bonchev–Trinajstić information content (AvgIpc) is 2.58. The number of benzene rings is 1. The SMILES string of the molecule is COC1C(O)C(OC(N)=O)C(Oc2ccc3oc(=O)ccc3c2)OC1(C)C. The van der Waals surface area contributed by atoms with Gasteiger partial charge in [-0.05, 0) is 38.1 Å². The summed E-state index contributed by atoms with van der Waals surface area (Å²) in [6.45, 7) is 3.44. The largest absolute Gasteiger partial charge is 0.461 e. The first-order valence-corrected chi connectivity index (χ1v) is 8.26. The molecule has 1 fully saturated rings. The zero-order valence-corrected chi connectivity index (χ0v) is 15.1. The molecule has 4 unspecified atom stereocenters.